The standard InChI is InChI=1S/C22H21FN4O2/c1-12-17(13(2)29-26-12)10-21(28)27-16-7-8-20(27)18-11-24-22(25-19(18)9-16)14-3-5-15(23)6-4-14/h3-6,11,16,20H,7-10H2,1-2H3/t16-,20+/m0/s1. The number of fused-ring (bicyclic) bond motifs is 4. The topological polar surface area (TPSA) is 72.1 Å². The highest BCUT2D eigenvalue weighted by molar-refractivity contribution is 5.81. The molecule has 1 amide bonds. The highest BCUT2D eigenvalue weighted by atomic mass is 19.1. The fourth-order valence-corrected chi connectivity index (χ4v) is 4.59. The van der Waals surface area contributed by atoms with Gasteiger partial charge in [-0.3, -0.25) is 4.79 Å². The highest BCUT2D eigenvalue weighted by Gasteiger charge is 2.43. The first-order chi connectivity index (χ1) is 14.0. The zero-order chi connectivity index (χ0) is 20.1. The van der Waals surface area contributed by atoms with E-state index in [-0.39, 0.29) is 23.8 Å². The summed E-state index contributed by atoms with van der Waals surface area (Å²) >= 11 is 0. The van der Waals surface area contributed by atoms with E-state index in [0.29, 0.717) is 18.0 Å². The van der Waals surface area contributed by atoms with Crippen molar-refractivity contribution in [2.24, 2.45) is 0 Å². The molecule has 1 saturated heterocycles. The number of aryl methyl sites for hydroxylation is 2. The summed E-state index contributed by atoms with van der Waals surface area (Å²) in [6.07, 6.45) is 4.74. The molecule has 2 aliphatic heterocycles. The van der Waals surface area contributed by atoms with E-state index in [1.165, 1.54) is 12.1 Å². The van der Waals surface area contributed by atoms with Crippen LogP contribution < -0.4 is 0 Å². The zero-order valence-electron chi connectivity index (χ0n) is 16.4. The minimum absolute atomic E-state index is 0.0130. The fraction of sp³-hybridized carbons (Fsp3) is 0.364. The van der Waals surface area contributed by atoms with Crippen molar-refractivity contribution in [3.63, 3.8) is 0 Å². The molecule has 29 heavy (non-hydrogen) atoms. The molecule has 0 unspecified atom stereocenters. The molecule has 0 saturated carbocycles. The molecular formula is C22H21FN4O2. The number of carbonyl (C=O) groups is 1. The molecule has 1 aromatic carbocycles. The lowest BCUT2D eigenvalue weighted by atomic mass is 9.97. The van der Waals surface area contributed by atoms with Crippen molar-refractivity contribution in [2.75, 3.05) is 0 Å². The molecule has 3 aromatic rings. The normalized spacial score (nSPS) is 20.0. The average Bonchev–Trinajstić information content (AvgIpc) is 3.21. The number of hydrogen-bond acceptors (Lipinski definition) is 5. The van der Waals surface area contributed by atoms with Crippen LogP contribution in [-0.2, 0) is 17.6 Å². The number of rotatable bonds is 3. The van der Waals surface area contributed by atoms with Crippen LogP contribution in [0, 0.1) is 19.7 Å². The smallest absolute Gasteiger partial charge is 0.227 e. The van der Waals surface area contributed by atoms with Crippen molar-refractivity contribution in [2.45, 2.75) is 51.6 Å². The molecule has 4 heterocycles. The first kappa shape index (κ1) is 18.0. The molecule has 1 fully saturated rings. The van der Waals surface area contributed by atoms with E-state index >= 15 is 0 Å². The zero-order valence-corrected chi connectivity index (χ0v) is 16.4. The van der Waals surface area contributed by atoms with Crippen LogP contribution in [0.25, 0.3) is 11.4 Å². The molecule has 0 aliphatic carbocycles. The molecule has 0 N–H and O–H groups in total. The van der Waals surface area contributed by atoms with E-state index in [9.17, 15) is 9.18 Å². The van der Waals surface area contributed by atoms with Gasteiger partial charge in [-0.25, -0.2) is 14.4 Å². The van der Waals surface area contributed by atoms with Crippen LogP contribution in [0.1, 0.15) is 47.2 Å². The highest BCUT2D eigenvalue weighted by Crippen LogP contribution is 2.43. The summed E-state index contributed by atoms with van der Waals surface area (Å²) in [7, 11) is 0. The molecule has 2 atom stereocenters. The van der Waals surface area contributed by atoms with Gasteiger partial charge >= 0.3 is 0 Å². The van der Waals surface area contributed by atoms with Crippen molar-refractivity contribution in [1.82, 2.24) is 20.0 Å². The van der Waals surface area contributed by atoms with Crippen molar-refractivity contribution in [3.8, 4) is 11.4 Å². The van der Waals surface area contributed by atoms with Crippen molar-refractivity contribution in [3.05, 3.63) is 64.6 Å². The minimum Gasteiger partial charge on any atom is -0.361 e. The third-order valence-corrected chi connectivity index (χ3v) is 6.09. The Balaban J connectivity index is 1.43. The number of carbonyl (C=O) groups excluding carboxylic acids is 1. The van der Waals surface area contributed by atoms with Crippen LogP contribution in [0.4, 0.5) is 4.39 Å². The van der Waals surface area contributed by atoms with Crippen molar-refractivity contribution < 1.29 is 13.7 Å². The summed E-state index contributed by atoms with van der Waals surface area (Å²) in [5.74, 6) is 1.11. The molecule has 6 nitrogen and oxygen atoms in total. The lowest BCUT2D eigenvalue weighted by Gasteiger charge is -2.35. The van der Waals surface area contributed by atoms with Gasteiger partial charge in [0.05, 0.1) is 23.9 Å². The molecule has 2 bridgehead atoms. The van der Waals surface area contributed by atoms with E-state index in [0.717, 1.165) is 47.3 Å². The fourth-order valence-electron chi connectivity index (χ4n) is 4.59. The average molecular weight is 392 g/mol. The molecule has 0 spiro atoms. The molecule has 7 heteroatoms. The van der Waals surface area contributed by atoms with Crippen LogP contribution >= 0.6 is 0 Å². The first-order valence-electron chi connectivity index (χ1n) is 9.86. The Hall–Kier alpha value is -3.09. The van der Waals surface area contributed by atoms with Crippen molar-refractivity contribution >= 4 is 5.91 Å². The van der Waals surface area contributed by atoms with Crippen LogP contribution in [0.15, 0.2) is 35.0 Å². The Morgan fingerprint density at radius 2 is 2.03 bits per heavy atom. The number of amides is 1. The predicted molar refractivity (Wildman–Crippen MR) is 103 cm³/mol. The Bertz CT molecular complexity index is 1070. The van der Waals surface area contributed by atoms with Crippen LogP contribution in [-0.4, -0.2) is 32.0 Å². The van der Waals surface area contributed by atoms with Gasteiger partial charge in [-0.15, -0.1) is 0 Å². The number of aromatic nitrogens is 3. The van der Waals surface area contributed by atoms with Gasteiger partial charge in [0.2, 0.25) is 5.91 Å². The Kier molecular flexibility index (Phi) is 4.19. The largest absolute Gasteiger partial charge is 0.361 e. The van der Waals surface area contributed by atoms with E-state index in [2.05, 4.69) is 10.1 Å². The predicted octanol–water partition coefficient (Wildman–Crippen LogP) is 3.72. The van der Waals surface area contributed by atoms with Gasteiger partial charge < -0.3 is 9.42 Å². The molecule has 5 rings (SSSR count). The van der Waals surface area contributed by atoms with E-state index in [1.807, 2.05) is 24.9 Å². The monoisotopic (exact) mass is 392 g/mol. The summed E-state index contributed by atoms with van der Waals surface area (Å²) in [6, 6.07) is 6.37. The lowest BCUT2D eigenvalue weighted by molar-refractivity contribution is -0.134. The maximum Gasteiger partial charge on any atom is 0.227 e. The summed E-state index contributed by atoms with van der Waals surface area (Å²) in [5, 5.41) is 3.96. The summed E-state index contributed by atoms with van der Waals surface area (Å²) in [5.41, 5.74) is 4.46. The van der Waals surface area contributed by atoms with Gasteiger partial charge in [0, 0.05) is 35.3 Å². The summed E-state index contributed by atoms with van der Waals surface area (Å²) in [6.45, 7) is 3.71. The third-order valence-electron chi connectivity index (χ3n) is 6.09. The molecule has 2 aromatic heterocycles. The molecule has 148 valence electrons. The molecule has 2 aliphatic rings. The maximum atomic E-state index is 13.2. The van der Waals surface area contributed by atoms with Crippen LogP contribution in [0.3, 0.4) is 0 Å². The van der Waals surface area contributed by atoms with Gasteiger partial charge in [-0.05, 0) is 51.0 Å². The Morgan fingerprint density at radius 3 is 2.76 bits per heavy atom. The summed E-state index contributed by atoms with van der Waals surface area (Å²) in [4.78, 5) is 24.4. The second-order valence-corrected chi connectivity index (χ2v) is 7.83. The van der Waals surface area contributed by atoms with E-state index in [1.54, 1.807) is 12.1 Å². The molecular weight excluding hydrogens is 371 g/mol. The van der Waals surface area contributed by atoms with Gasteiger partial charge in [0.1, 0.15) is 11.6 Å². The van der Waals surface area contributed by atoms with Gasteiger partial charge in [0.15, 0.2) is 5.82 Å². The SMILES string of the molecule is Cc1noc(C)c1CC(=O)N1[C@H]2CC[C@@H]1c1cnc(-c3ccc(F)cc3)nc1C2. The Morgan fingerprint density at radius 1 is 1.24 bits per heavy atom. The minimum atomic E-state index is -0.280. The third kappa shape index (κ3) is 3.01. The van der Waals surface area contributed by atoms with Crippen LogP contribution in [0.5, 0.6) is 0 Å². The van der Waals surface area contributed by atoms with Crippen LogP contribution in [0.2, 0.25) is 0 Å². The lowest BCUT2D eigenvalue weighted by Crippen LogP contribution is -2.43. The summed E-state index contributed by atoms with van der Waals surface area (Å²) < 4.78 is 18.4. The van der Waals surface area contributed by atoms with Gasteiger partial charge in [-0.1, -0.05) is 5.16 Å². The second kappa shape index (κ2) is 6.76. The molecule has 0 radical (unpaired) electrons. The van der Waals surface area contributed by atoms with Crippen molar-refractivity contribution in [1.29, 1.82) is 0 Å². The van der Waals surface area contributed by atoms with E-state index in [4.69, 9.17) is 9.51 Å². The second-order valence-electron chi connectivity index (χ2n) is 7.83. The van der Waals surface area contributed by atoms with Gasteiger partial charge in [-0.2, -0.15) is 0 Å². The number of hydrogen-bond donors (Lipinski definition) is 0. The van der Waals surface area contributed by atoms with E-state index < -0.39 is 0 Å². The number of benzene rings is 1. The number of nitrogens with zero attached hydrogens (tertiary/aromatic N) is 4. The first-order valence-corrected chi connectivity index (χ1v) is 9.86. The van der Waals surface area contributed by atoms with Gasteiger partial charge in [0.25, 0.3) is 0 Å². The Labute approximate surface area is 167 Å². The maximum absolute atomic E-state index is 13.2. The number of halogens is 1. The quantitative estimate of drug-likeness (QED) is 0.679.